The van der Waals surface area contributed by atoms with Gasteiger partial charge in [0, 0.05) is 16.5 Å². The maximum absolute atomic E-state index is 6.03. The van der Waals surface area contributed by atoms with Crippen molar-refractivity contribution in [3.05, 3.63) is 89.5 Å². The van der Waals surface area contributed by atoms with E-state index >= 15 is 0 Å². The van der Waals surface area contributed by atoms with Gasteiger partial charge in [-0.3, -0.25) is 0 Å². The molecule has 4 aromatic rings. The van der Waals surface area contributed by atoms with E-state index in [9.17, 15) is 0 Å². The Morgan fingerprint density at radius 3 is 2.60 bits per heavy atom. The van der Waals surface area contributed by atoms with Crippen molar-refractivity contribution in [3.8, 4) is 12.3 Å². The number of anilines is 2. The van der Waals surface area contributed by atoms with E-state index in [1.54, 1.807) is 0 Å². The Morgan fingerprint density at radius 2 is 1.80 bits per heavy atom. The molecule has 1 heterocycles. The summed E-state index contributed by atoms with van der Waals surface area (Å²) in [4.78, 5) is 0. The molecule has 0 unspecified atom stereocenters. The average molecular weight is 389 g/mol. The molecule has 3 aromatic carbocycles. The smallest absolute Gasteiger partial charge is 0.137 e. The zero-order valence-electron chi connectivity index (χ0n) is 17.4. The number of nitrogens with one attached hydrogen (secondary N) is 1. The van der Waals surface area contributed by atoms with Gasteiger partial charge in [0.15, 0.2) is 0 Å². The summed E-state index contributed by atoms with van der Waals surface area (Å²) < 4.78 is 6.03. The van der Waals surface area contributed by atoms with Crippen molar-refractivity contribution in [1.82, 2.24) is 0 Å². The third kappa shape index (κ3) is 2.60. The van der Waals surface area contributed by atoms with E-state index in [4.69, 9.17) is 10.8 Å². The predicted octanol–water partition coefficient (Wildman–Crippen LogP) is 7.58. The van der Waals surface area contributed by atoms with Crippen LogP contribution in [0.4, 0.5) is 11.4 Å². The summed E-state index contributed by atoms with van der Waals surface area (Å²) >= 11 is 0. The molecule has 0 bridgehead atoms. The molecule has 1 aromatic heterocycles. The van der Waals surface area contributed by atoms with Gasteiger partial charge in [-0.15, -0.1) is 6.42 Å². The lowest BCUT2D eigenvalue weighted by Crippen LogP contribution is -2.15. The number of para-hydroxylation sites is 1. The normalized spacial score (nSPS) is 17.5. The molecule has 2 nitrogen and oxygen atoms in total. The molecule has 0 radical (unpaired) electrons. The summed E-state index contributed by atoms with van der Waals surface area (Å²) in [7, 11) is 0. The summed E-state index contributed by atoms with van der Waals surface area (Å²) in [5.41, 5.74) is 8.70. The zero-order valence-corrected chi connectivity index (χ0v) is 17.4. The van der Waals surface area contributed by atoms with Crippen LogP contribution in [0.1, 0.15) is 31.9 Å². The first-order valence-corrected chi connectivity index (χ1v) is 10.2. The maximum atomic E-state index is 6.03. The predicted molar refractivity (Wildman–Crippen MR) is 127 cm³/mol. The van der Waals surface area contributed by atoms with Crippen molar-refractivity contribution in [1.29, 1.82) is 0 Å². The molecular weight excluding hydrogens is 366 g/mol. The van der Waals surface area contributed by atoms with Gasteiger partial charge in [-0.25, -0.2) is 0 Å². The van der Waals surface area contributed by atoms with Gasteiger partial charge in [0.2, 0.25) is 0 Å². The Balaban J connectivity index is 1.64. The van der Waals surface area contributed by atoms with E-state index in [1.807, 2.05) is 36.4 Å². The third-order valence-electron chi connectivity index (χ3n) is 6.14. The monoisotopic (exact) mass is 389 g/mol. The standard InChI is InChI=1S/C28H23NO/c1-5-10-19-20-16-15-18(17-23(20)28(3,4)22(19)6-2)29-24-12-9-14-26-27(24)21-11-7-8-13-25(21)30-26/h1,6-17,29H,2-4H3/b19-10-,22-6+. The van der Waals surface area contributed by atoms with Crippen LogP contribution in [-0.4, -0.2) is 0 Å². The molecular formula is C28H23NO. The van der Waals surface area contributed by atoms with Gasteiger partial charge < -0.3 is 9.73 Å². The van der Waals surface area contributed by atoms with Gasteiger partial charge >= 0.3 is 0 Å². The first-order valence-electron chi connectivity index (χ1n) is 10.2. The minimum absolute atomic E-state index is 0.0984. The number of rotatable bonds is 2. The molecule has 0 amide bonds. The number of allylic oxidation sites excluding steroid dienone is 4. The van der Waals surface area contributed by atoms with E-state index in [2.05, 4.69) is 68.4 Å². The second kappa shape index (κ2) is 6.68. The van der Waals surface area contributed by atoms with Crippen LogP contribution in [0.5, 0.6) is 0 Å². The van der Waals surface area contributed by atoms with E-state index in [1.165, 1.54) is 16.7 Å². The summed E-state index contributed by atoms with van der Waals surface area (Å²) in [6.45, 7) is 6.59. The molecule has 1 aliphatic rings. The molecule has 2 heteroatoms. The Kier molecular flexibility index (Phi) is 4.08. The lowest BCUT2D eigenvalue weighted by atomic mass is 9.82. The Labute approximate surface area is 176 Å². The third-order valence-corrected chi connectivity index (χ3v) is 6.14. The largest absolute Gasteiger partial charge is 0.456 e. The van der Waals surface area contributed by atoms with Crippen LogP contribution < -0.4 is 5.32 Å². The Morgan fingerprint density at radius 1 is 1.00 bits per heavy atom. The van der Waals surface area contributed by atoms with Crippen LogP contribution in [0.25, 0.3) is 27.5 Å². The fourth-order valence-corrected chi connectivity index (χ4v) is 4.79. The first kappa shape index (κ1) is 18.3. The molecule has 1 N–H and O–H groups in total. The van der Waals surface area contributed by atoms with Gasteiger partial charge in [0.1, 0.15) is 11.2 Å². The molecule has 0 aliphatic heterocycles. The van der Waals surface area contributed by atoms with Crippen molar-refractivity contribution < 1.29 is 4.42 Å². The van der Waals surface area contributed by atoms with Gasteiger partial charge in [-0.2, -0.15) is 0 Å². The van der Waals surface area contributed by atoms with Crippen LogP contribution >= 0.6 is 0 Å². The maximum Gasteiger partial charge on any atom is 0.137 e. The molecule has 0 atom stereocenters. The average Bonchev–Trinajstić information content (AvgIpc) is 3.22. The van der Waals surface area contributed by atoms with Crippen molar-refractivity contribution in [2.24, 2.45) is 0 Å². The van der Waals surface area contributed by atoms with Crippen molar-refractivity contribution >= 4 is 38.9 Å². The van der Waals surface area contributed by atoms with Gasteiger partial charge in [-0.1, -0.05) is 56.2 Å². The Hall–Kier alpha value is -3.70. The fourth-order valence-electron chi connectivity index (χ4n) is 4.79. The SMILES string of the molecule is C#C/C=C1\C(=C/C)C(C)(C)c2cc(Nc3cccc4oc5ccccc5c34)ccc21. The van der Waals surface area contributed by atoms with E-state index < -0.39 is 0 Å². The number of benzene rings is 3. The van der Waals surface area contributed by atoms with Crippen LogP contribution in [0, 0.1) is 12.3 Å². The number of hydrogen-bond donors (Lipinski definition) is 1. The minimum Gasteiger partial charge on any atom is -0.456 e. The fraction of sp³-hybridized carbons (Fsp3) is 0.143. The summed E-state index contributed by atoms with van der Waals surface area (Å²) in [6.07, 6.45) is 9.67. The summed E-state index contributed by atoms with van der Waals surface area (Å²) in [5.74, 6) is 2.71. The summed E-state index contributed by atoms with van der Waals surface area (Å²) in [5, 5.41) is 5.86. The number of hydrogen-bond acceptors (Lipinski definition) is 2. The Bertz CT molecular complexity index is 1410. The molecule has 1 aliphatic carbocycles. The molecule has 5 rings (SSSR count). The second-order valence-corrected chi connectivity index (χ2v) is 8.21. The van der Waals surface area contributed by atoms with E-state index in [0.29, 0.717) is 0 Å². The van der Waals surface area contributed by atoms with Crippen molar-refractivity contribution in [3.63, 3.8) is 0 Å². The second-order valence-electron chi connectivity index (χ2n) is 8.21. The number of terminal acetylenes is 1. The number of fused-ring (bicyclic) bond motifs is 4. The van der Waals surface area contributed by atoms with Crippen molar-refractivity contribution in [2.45, 2.75) is 26.2 Å². The topological polar surface area (TPSA) is 25.2 Å². The van der Waals surface area contributed by atoms with Crippen LogP contribution in [0.15, 0.2) is 82.8 Å². The zero-order chi connectivity index (χ0) is 20.9. The molecule has 146 valence electrons. The van der Waals surface area contributed by atoms with E-state index in [0.717, 1.165) is 38.9 Å². The van der Waals surface area contributed by atoms with Gasteiger partial charge in [0.05, 0.1) is 11.1 Å². The quantitative estimate of drug-likeness (QED) is 0.357. The molecule has 0 saturated carbocycles. The molecule has 0 spiro atoms. The molecule has 30 heavy (non-hydrogen) atoms. The minimum atomic E-state index is -0.0984. The highest BCUT2D eigenvalue weighted by Crippen LogP contribution is 2.50. The summed E-state index contributed by atoms with van der Waals surface area (Å²) in [6, 6.07) is 20.8. The highest BCUT2D eigenvalue weighted by atomic mass is 16.3. The van der Waals surface area contributed by atoms with E-state index in [-0.39, 0.29) is 5.41 Å². The van der Waals surface area contributed by atoms with Gasteiger partial charge in [-0.05, 0) is 65.6 Å². The highest BCUT2D eigenvalue weighted by Gasteiger charge is 2.37. The number of furan rings is 1. The van der Waals surface area contributed by atoms with Crippen molar-refractivity contribution in [2.75, 3.05) is 5.32 Å². The first-order chi connectivity index (χ1) is 14.5. The van der Waals surface area contributed by atoms with Crippen LogP contribution in [-0.2, 0) is 5.41 Å². The van der Waals surface area contributed by atoms with Crippen LogP contribution in [0.2, 0.25) is 0 Å². The molecule has 0 saturated heterocycles. The van der Waals surface area contributed by atoms with Gasteiger partial charge in [0.25, 0.3) is 0 Å². The van der Waals surface area contributed by atoms with Crippen LogP contribution in [0.3, 0.4) is 0 Å². The molecule has 0 fully saturated rings. The highest BCUT2D eigenvalue weighted by molar-refractivity contribution is 6.12. The lowest BCUT2D eigenvalue weighted by molar-refractivity contribution is 0.660. The lowest BCUT2D eigenvalue weighted by Gasteiger charge is -2.22.